The van der Waals surface area contributed by atoms with Crippen molar-refractivity contribution in [3.05, 3.63) is 18.0 Å². The highest BCUT2D eigenvalue weighted by Gasteiger charge is 2.39. The predicted octanol–water partition coefficient (Wildman–Crippen LogP) is 1.83. The summed E-state index contributed by atoms with van der Waals surface area (Å²) in [5, 5.41) is 3.23. The summed E-state index contributed by atoms with van der Waals surface area (Å²) in [6.07, 6.45) is -0.272. The summed E-state index contributed by atoms with van der Waals surface area (Å²) in [5.41, 5.74) is -0.867. The molecule has 104 valence electrons. The Morgan fingerprint density at radius 1 is 1.21 bits per heavy atom. The molecule has 1 aliphatic carbocycles. The number of hydrogen-bond donors (Lipinski definition) is 1. The molecule has 0 amide bonds. The Bertz CT molecular complexity index is 453. The fourth-order valence-corrected chi connectivity index (χ4v) is 2.48. The van der Waals surface area contributed by atoms with Gasteiger partial charge < -0.3 is 10.2 Å². The van der Waals surface area contributed by atoms with E-state index in [1.165, 1.54) is 6.20 Å². The zero-order valence-corrected chi connectivity index (χ0v) is 10.3. The Balaban J connectivity index is 1.89. The van der Waals surface area contributed by atoms with Crippen LogP contribution in [0, 0.1) is 0 Å². The highest BCUT2D eigenvalue weighted by molar-refractivity contribution is 5.37. The molecule has 19 heavy (non-hydrogen) atoms. The van der Waals surface area contributed by atoms with Crippen LogP contribution in [0.5, 0.6) is 0 Å². The Labute approximate surface area is 109 Å². The number of halogens is 3. The van der Waals surface area contributed by atoms with E-state index in [1.807, 2.05) is 4.90 Å². The summed E-state index contributed by atoms with van der Waals surface area (Å²) in [6.45, 7) is 1.68. The van der Waals surface area contributed by atoms with E-state index < -0.39 is 11.9 Å². The highest BCUT2D eigenvalue weighted by Crippen LogP contribution is 2.34. The molecule has 2 aliphatic rings. The number of hydrogen-bond acceptors (Lipinski definition) is 4. The van der Waals surface area contributed by atoms with Crippen LogP contribution in [-0.4, -0.2) is 35.1 Å². The molecule has 0 bridgehead atoms. The van der Waals surface area contributed by atoms with Crippen molar-refractivity contribution in [2.45, 2.75) is 37.5 Å². The summed E-state index contributed by atoms with van der Waals surface area (Å²) >= 11 is 0. The fraction of sp³-hybridized carbons (Fsp3) is 0.667. The highest BCUT2D eigenvalue weighted by atomic mass is 19.4. The van der Waals surface area contributed by atoms with Gasteiger partial charge in [0, 0.05) is 24.8 Å². The predicted molar refractivity (Wildman–Crippen MR) is 63.8 cm³/mol. The van der Waals surface area contributed by atoms with E-state index >= 15 is 0 Å². The van der Waals surface area contributed by atoms with Crippen molar-refractivity contribution in [1.82, 2.24) is 15.3 Å². The second kappa shape index (κ2) is 4.63. The third kappa shape index (κ3) is 2.65. The van der Waals surface area contributed by atoms with E-state index in [9.17, 15) is 13.2 Å². The van der Waals surface area contributed by atoms with E-state index in [0.717, 1.165) is 38.4 Å². The van der Waals surface area contributed by atoms with Crippen molar-refractivity contribution in [3.63, 3.8) is 0 Å². The number of aromatic nitrogens is 2. The number of rotatable bonds is 3. The third-order valence-corrected chi connectivity index (χ3v) is 3.53. The zero-order valence-electron chi connectivity index (χ0n) is 10.3. The van der Waals surface area contributed by atoms with Crippen molar-refractivity contribution in [3.8, 4) is 0 Å². The molecule has 1 unspecified atom stereocenters. The summed E-state index contributed by atoms with van der Waals surface area (Å²) in [4.78, 5) is 9.73. The molecule has 2 fully saturated rings. The van der Waals surface area contributed by atoms with Crippen LogP contribution < -0.4 is 10.2 Å². The third-order valence-electron chi connectivity index (χ3n) is 3.53. The topological polar surface area (TPSA) is 41.1 Å². The molecule has 1 aliphatic heterocycles. The van der Waals surface area contributed by atoms with Gasteiger partial charge in [-0.2, -0.15) is 13.2 Å². The average molecular weight is 272 g/mol. The smallest absolute Gasteiger partial charge is 0.334 e. The van der Waals surface area contributed by atoms with Gasteiger partial charge in [0.15, 0.2) is 0 Å². The summed E-state index contributed by atoms with van der Waals surface area (Å²) in [6, 6.07) is 1.42. The number of nitrogens with zero attached hydrogens (tertiary/aromatic N) is 3. The maximum Gasteiger partial charge on any atom is 0.433 e. The number of anilines is 1. The van der Waals surface area contributed by atoms with Crippen LogP contribution in [0.4, 0.5) is 19.1 Å². The monoisotopic (exact) mass is 272 g/mol. The normalized spacial score (nSPS) is 23.6. The van der Waals surface area contributed by atoms with E-state index in [1.54, 1.807) is 0 Å². The van der Waals surface area contributed by atoms with Crippen molar-refractivity contribution in [1.29, 1.82) is 0 Å². The van der Waals surface area contributed by atoms with E-state index in [0.29, 0.717) is 6.04 Å². The lowest BCUT2D eigenvalue weighted by Gasteiger charge is -2.28. The van der Waals surface area contributed by atoms with Crippen LogP contribution in [0.1, 0.15) is 25.0 Å². The number of alkyl halides is 3. The molecular formula is C12H15F3N4. The summed E-state index contributed by atoms with van der Waals surface area (Å²) in [7, 11) is 0. The molecule has 0 spiro atoms. The van der Waals surface area contributed by atoms with Gasteiger partial charge in [-0.1, -0.05) is 0 Å². The van der Waals surface area contributed by atoms with Crippen LogP contribution in [0.2, 0.25) is 0 Å². The van der Waals surface area contributed by atoms with Crippen molar-refractivity contribution in [2.24, 2.45) is 0 Å². The van der Waals surface area contributed by atoms with E-state index in [4.69, 9.17) is 0 Å². The van der Waals surface area contributed by atoms with Crippen molar-refractivity contribution in [2.75, 3.05) is 18.0 Å². The standard InChI is InChI=1S/C12H15F3N4/c13-12(14,15)10-4-6-17-11(18-10)19(8-1-2-8)9-3-5-16-7-9/h4,6,8-9,16H,1-3,5,7H2. The van der Waals surface area contributed by atoms with Crippen LogP contribution in [0.15, 0.2) is 12.3 Å². The zero-order chi connectivity index (χ0) is 13.5. The van der Waals surface area contributed by atoms with Gasteiger partial charge >= 0.3 is 6.18 Å². The molecule has 1 saturated heterocycles. The quantitative estimate of drug-likeness (QED) is 0.911. The summed E-state index contributed by atoms with van der Waals surface area (Å²) < 4.78 is 38.1. The Morgan fingerprint density at radius 3 is 2.58 bits per heavy atom. The Hall–Kier alpha value is -1.37. The Morgan fingerprint density at radius 2 is 2.00 bits per heavy atom. The first-order valence-electron chi connectivity index (χ1n) is 6.45. The van der Waals surface area contributed by atoms with Gasteiger partial charge in [-0.25, -0.2) is 9.97 Å². The van der Waals surface area contributed by atoms with Gasteiger partial charge in [-0.05, 0) is 31.9 Å². The second-order valence-corrected chi connectivity index (χ2v) is 5.02. The van der Waals surface area contributed by atoms with Gasteiger partial charge in [0.05, 0.1) is 0 Å². The molecular weight excluding hydrogens is 257 g/mol. The molecule has 7 heteroatoms. The summed E-state index contributed by atoms with van der Waals surface area (Å²) in [5.74, 6) is 0.214. The maximum atomic E-state index is 12.7. The SMILES string of the molecule is FC(F)(F)c1ccnc(N(C2CC2)C2CCNC2)n1. The van der Waals surface area contributed by atoms with E-state index in [-0.39, 0.29) is 12.0 Å². The molecule has 4 nitrogen and oxygen atoms in total. The lowest BCUT2D eigenvalue weighted by molar-refractivity contribution is -0.141. The van der Waals surface area contributed by atoms with Crippen molar-refractivity contribution < 1.29 is 13.2 Å². The van der Waals surface area contributed by atoms with Gasteiger partial charge in [0.25, 0.3) is 0 Å². The Kier molecular flexibility index (Phi) is 3.08. The minimum absolute atomic E-state index is 0.205. The molecule has 3 rings (SSSR count). The fourth-order valence-electron chi connectivity index (χ4n) is 2.48. The molecule has 1 N–H and O–H groups in total. The average Bonchev–Trinajstić information content (AvgIpc) is 3.04. The molecule has 1 saturated carbocycles. The second-order valence-electron chi connectivity index (χ2n) is 5.02. The minimum Gasteiger partial charge on any atom is -0.334 e. The molecule has 1 atom stereocenters. The van der Waals surface area contributed by atoms with Crippen molar-refractivity contribution >= 4 is 5.95 Å². The molecule has 0 aromatic carbocycles. The van der Waals surface area contributed by atoms with Gasteiger partial charge in [-0.15, -0.1) is 0 Å². The van der Waals surface area contributed by atoms with Gasteiger partial charge in [-0.3, -0.25) is 0 Å². The van der Waals surface area contributed by atoms with Gasteiger partial charge in [0.2, 0.25) is 5.95 Å². The number of nitrogens with one attached hydrogen (secondary N) is 1. The first-order valence-corrected chi connectivity index (χ1v) is 6.45. The first-order chi connectivity index (χ1) is 9.05. The lowest BCUT2D eigenvalue weighted by Crippen LogP contribution is -2.40. The largest absolute Gasteiger partial charge is 0.433 e. The first kappa shape index (κ1) is 12.7. The molecule has 1 aromatic rings. The van der Waals surface area contributed by atoms with Gasteiger partial charge in [0.1, 0.15) is 5.69 Å². The molecule has 0 radical (unpaired) electrons. The maximum absolute atomic E-state index is 12.7. The van der Waals surface area contributed by atoms with E-state index in [2.05, 4.69) is 15.3 Å². The van der Waals surface area contributed by atoms with Crippen LogP contribution >= 0.6 is 0 Å². The lowest BCUT2D eigenvalue weighted by atomic mass is 10.2. The molecule has 1 aromatic heterocycles. The van der Waals surface area contributed by atoms with Crippen LogP contribution in [-0.2, 0) is 6.18 Å². The van der Waals surface area contributed by atoms with Crippen LogP contribution in [0.3, 0.4) is 0 Å². The molecule has 2 heterocycles. The van der Waals surface area contributed by atoms with Crippen LogP contribution in [0.25, 0.3) is 0 Å². The minimum atomic E-state index is -4.42.